The molecule has 0 saturated heterocycles. The zero-order chi connectivity index (χ0) is 13.1. The Morgan fingerprint density at radius 1 is 1.22 bits per heavy atom. The van der Waals surface area contributed by atoms with Gasteiger partial charge < -0.3 is 20.1 Å². The van der Waals surface area contributed by atoms with Crippen LogP contribution in [0, 0.1) is 5.92 Å². The highest BCUT2D eigenvalue weighted by atomic mass is 16.5. The highest BCUT2D eigenvalue weighted by Gasteiger charge is 2.21. The SMILES string of the molecule is COCCOCCCCNCC(=O)NCC1CC1. The maximum atomic E-state index is 11.4. The summed E-state index contributed by atoms with van der Waals surface area (Å²) >= 11 is 0. The van der Waals surface area contributed by atoms with Gasteiger partial charge in [-0.3, -0.25) is 4.79 Å². The molecule has 1 amide bonds. The van der Waals surface area contributed by atoms with Crippen molar-refractivity contribution in [1.29, 1.82) is 0 Å². The lowest BCUT2D eigenvalue weighted by Crippen LogP contribution is -2.35. The van der Waals surface area contributed by atoms with E-state index in [0.717, 1.165) is 38.5 Å². The van der Waals surface area contributed by atoms with Crippen LogP contribution in [0.1, 0.15) is 25.7 Å². The van der Waals surface area contributed by atoms with Gasteiger partial charge in [0.15, 0.2) is 0 Å². The van der Waals surface area contributed by atoms with Gasteiger partial charge in [0.25, 0.3) is 0 Å². The number of rotatable bonds is 12. The average Bonchev–Trinajstić information content (AvgIpc) is 3.18. The second-order valence-corrected chi connectivity index (χ2v) is 4.74. The predicted molar refractivity (Wildman–Crippen MR) is 70.5 cm³/mol. The number of carbonyl (C=O) groups is 1. The third kappa shape index (κ3) is 9.39. The third-order valence-electron chi connectivity index (χ3n) is 2.89. The lowest BCUT2D eigenvalue weighted by Gasteiger charge is -2.06. The quantitative estimate of drug-likeness (QED) is 0.502. The van der Waals surface area contributed by atoms with E-state index in [4.69, 9.17) is 9.47 Å². The zero-order valence-electron chi connectivity index (χ0n) is 11.4. The molecule has 5 heteroatoms. The number of nitrogens with one attached hydrogen (secondary N) is 2. The molecule has 2 N–H and O–H groups in total. The van der Waals surface area contributed by atoms with Crippen LogP contribution in [0.3, 0.4) is 0 Å². The molecule has 18 heavy (non-hydrogen) atoms. The summed E-state index contributed by atoms with van der Waals surface area (Å²) in [6.07, 6.45) is 4.59. The smallest absolute Gasteiger partial charge is 0.233 e. The molecule has 0 unspecified atom stereocenters. The minimum atomic E-state index is 0.109. The van der Waals surface area contributed by atoms with Crippen molar-refractivity contribution in [2.24, 2.45) is 5.92 Å². The van der Waals surface area contributed by atoms with Crippen LogP contribution in [0.5, 0.6) is 0 Å². The summed E-state index contributed by atoms with van der Waals surface area (Å²) in [5.41, 5.74) is 0. The number of unbranched alkanes of at least 4 members (excludes halogenated alkanes) is 1. The molecule has 106 valence electrons. The number of ether oxygens (including phenoxy) is 2. The summed E-state index contributed by atoms with van der Waals surface area (Å²) in [6, 6.07) is 0. The number of carbonyl (C=O) groups excluding carboxylic acids is 1. The van der Waals surface area contributed by atoms with E-state index in [0.29, 0.717) is 19.8 Å². The van der Waals surface area contributed by atoms with E-state index in [1.807, 2.05) is 0 Å². The molecule has 0 bridgehead atoms. The highest BCUT2D eigenvalue weighted by molar-refractivity contribution is 5.77. The minimum absolute atomic E-state index is 0.109. The fourth-order valence-electron chi connectivity index (χ4n) is 1.54. The molecule has 0 aromatic rings. The van der Waals surface area contributed by atoms with E-state index in [9.17, 15) is 4.79 Å². The predicted octanol–water partition coefficient (Wildman–Crippen LogP) is 0.545. The number of hydrogen-bond acceptors (Lipinski definition) is 4. The van der Waals surface area contributed by atoms with Gasteiger partial charge in [-0.25, -0.2) is 0 Å². The summed E-state index contributed by atoms with van der Waals surface area (Å²) in [4.78, 5) is 11.4. The van der Waals surface area contributed by atoms with Crippen molar-refractivity contribution in [1.82, 2.24) is 10.6 Å². The van der Waals surface area contributed by atoms with Crippen LogP contribution in [0.15, 0.2) is 0 Å². The molecular formula is C13H26N2O3. The summed E-state index contributed by atoms with van der Waals surface area (Å²) < 4.78 is 10.2. The molecule has 0 atom stereocenters. The molecule has 1 rings (SSSR count). The van der Waals surface area contributed by atoms with Crippen molar-refractivity contribution in [2.75, 3.05) is 46.6 Å². The van der Waals surface area contributed by atoms with Crippen LogP contribution in [0.2, 0.25) is 0 Å². The molecule has 1 aliphatic rings. The molecule has 1 fully saturated rings. The maximum Gasteiger partial charge on any atom is 0.233 e. The fraction of sp³-hybridized carbons (Fsp3) is 0.923. The summed E-state index contributed by atoms with van der Waals surface area (Å²) in [6.45, 7) is 4.22. The molecule has 0 heterocycles. The first-order valence-electron chi connectivity index (χ1n) is 6.87. The Bertz CT molecular complexity index is 220. The lowest BCUT2D eigenvalue weighted by atomic mass is 10.3. The first-order chi connectivity index (χ1) is 8.83. The molecule has 0 radical (unpaired) electrons. The van der Waals surface area contributed by atoms with Gasteiger partial charge in [0.2, 0.25) is 5.91 Å². The number of methoxy groups -OCH3 is 1. The maximum absolute atomic E-state index is 11.4. The molecule has 0 aliphatic heterocycles. The molecule has 1 aliphatic carbocycles. The van der Waals surface area contributed by atoms with Crippen LogP contribution >= 0.6 is 0 Å². The topological polar surface area (TPSA) is 59.6 Å². The van der Waals surface area contributed by atoms with E-state index in [1.165, 1.54) is 12.8 Å². The Morgan fingerprint density at radius 2 is 2.06 bits per heavy atom. The second kappa shape index (κ2) is 10.3. The van der Waals surface area contributed by atoms with Crippen LogP contribution in [0.25, 0.3) is 0 Å². The monoisotopic (exact) mass is 258 g/mol. The van der Waals surface area contributed by atoms with Gasteiger partial charge in [-0.15, -0.1) is 0 Å². The fourth-order valence-corrected chi connectivity index (χ4v) is 1.54. The van der Waals surface area contributed by atoms with Gasteiger partial charge in [0.1, 0.15) is 0 Å². The van der Waals surface area contributed by atoms with E-state index in [2.05, 4.69) is 10.6 Å². The third-order valence-corrected chi connectivity index (χ3v) is 2.89. The van der Waals surface area contributed by atoms with Gasteiger partial charge in [0, 0.05) is 20.3 Å². The van der Waals surface area contributed by atoms with Gasteiger partial charge >= 0.3 is 0 Å². The average molecular weight is 258 g/mol. The molecule has 0 aromatic heterocycles. The van der Waals surface area contributed by atoms with Gasteiger partial charge in [-0.2, -0.15) is 0 Å². The van der Waals surface area contributed by atoms with Crippen LogP contribution in [-0.4, -0.2) is 52.5 Å². The van der Waals surface area contributed by atoms with E-state index in [-0.39, 0.29) is 5.91 Å². The van der Waals surface area contributed by atoms with Gasteiger partial charge in [-0.05, 0) is 38.1 Å². The summed E-state index contributed by atoms with van der Waals surface area (Å²) in [5.74, 6) is 0.858. The zero-order valence-corrected chi connectivity index (χ0v) is 11.4. The lowest BCUT2D eigenvalue weighted by molar-refractivity contribution is -0.120. The Balaban J connectivity index is 1.73. The van der Waals surface area contributed by atoms with Gasteiger partial charge in [-0.1, -0.05) is 0 Å². The van der Waals surface area contributed by atoms with Crippen molar-refractivity contribution < 1.29 is 14.3 Å². The molecule has 0 spiro atoms. The Kier molecular flexibility index (Phi) is 8.81. The van der Waals surface area contributed by atoms with Crippen molar-refractivity contribution in [3.63, 3.8) is 0 Å². The summed E-state index contributed by atoms with van der Waals surface area (Å²) in [5, 5.41) is 6.07. The largest absolute Gasteiger partial charge is 0.382 e. The first kappa shape index (κ1) is 15.4. The Morgan fingerprint density at radius 3 is 2.78 bits per heavy atom. The van der Waals surface area contributed by atoms with E-state index < -0.39 is 0 Å². The summed E-state index contributed by atoms with van der Waals surface area (Å²) in [7, 11) is 1.67. The van der Waals surface area contributed by atoms with E-state index in [1.54, 1.807) is 7.11 Å². The molecule has 5 nitrogen and oxygen atoms in total. The van der Waals surface area contributed by atoms with Crippen molar-refractivity contribution in [3.05, 3.63) is 0 Å². The number of hydrogen-bond donors (Lipinski definition) is 2. The van der Waals surface area contributed by atoms with E-state index >= 15 is 0 Å². The minimum Gasteiger partial charge on any atom is -0.382 e. The van der Waals surface area contributed by atoms with Crippen molar-refractivity contribution in [2.45, 2.75) is 25.7 Å². The van der Waals surface area contributed by atoms with Crippen molar-refractivity contribution in [3.8, 4) is 0 Å². The second-order valence-electron chi connectivity index (χ2n) is 4.74. The number of amides is 1. The first-order valence-corrected chi connectivity index (χ1v) is 6.87. The van der Waals surface area contributed by atoms with Gasteiger partial charge in [0.05, 0.1) is 19.8 Å². The van der Waals surface area contributed by atoms with Crippen LogP contribution in [-0.2, 0) is 14.3 Å². The molecule has 0 aromatic carbocycles. The Labute approximate surface area is 110 Å². The molecule has 1 saturated carbocycles. The normalized spacial score (nSPS) is 14.7. The van der Waals surface area contributed by atoms with Crippen molar-refractivity contribution >= 4 is 5.91 Å². The van der Waals surface area contributed by atoms with Crippen LogP contribution in [0.4, 0.5) is 0 Å². The highest BCUT2D eigenvalue weighted by Crippen LogP contribution is 2.27. The standard InChI is InChI=1S/C13H26N2O3/c1-17-8-9-18-7-3-2-6-14-11-13(16)15-10-12-4-5-12/h12,14H,2-11H2,1H3,(H,15,16). The van der Waals surface area contributed by atoms with Crippen LogP contribution < -0.4 is 10.6 Å². The Hall–Kier alpha value is -0.650. The molecular weight excluding hydrogens is 232 g/mol.